The largest absolute Gasteiger partial charge is 0.472 e. The molecule has 0 bridgehead atoms. The van der Waals surface area contributed by atoms with Gasteiger partial charge in [-0.25, -0.2) is 4.57 Å². The average Bonchev–Trinajstić information content (AvgIpc) is 3.20. The maximum atomic E-state index is 12.4. The van der Waals surface area contributed by atoms with E-state index in [1.807, 2.05) is 0 Å². The summed E-state index contributed by atoms with van der Waals surface area (Å²) in [6, 6.07) is 0. The van der Waals surface area contributed by atoms with Crippen LogP contribution in [0.2, 0.25) is 0 Å². The van der Waals surface area contributed by atoms with Crippen LogP contribution in [-0.4, -0.2) is 65.7 Å². The van der Waals surface area contributed by atoms with Crippen molar-refractivity contribution in [2.75, 3.05) is 26.4 Å². The third kappa shape index (κ3) is 40.2. The van der Waals surface area contributed by atoms with Gasteiger partial charge < -0.3 is 24.6 Å². The van der Waals surface area contributed by atoms with Crippen LogP contribution in [0.5, 0.6) is 0 Å². The van der Waals surface area contributed by atoms with E-state index in [9.17, 15) is 29.3 Å². The molecule has 0 aliphatic heterocycles. The predicted octanol–water partition coefficient (Wildman–Crippen LogP) is 11.9. The second-order valence-electron chi connectivity index (χ2n) is 14.7. The van der Waals surface area contributed by atoms with E-state index in [1.54, 1.807) is 0 Å². The van der Waals surface area contributed by atoms with Crippen LogP contribution >= 0.6 is 7.82 Å². The molecule has 0 aromatic carbocycles. The number of phosphoric acid groups is 1. The molecule has 0 aliphatic carbocycles. The fraction of sp³-hybridized carbons (Fsp3) is 0.739. The van der Waals surface area contributed by atoms with Gasteiger partial charge in [-0.3, -0.25) is 18.6 Å². The molecule has 11 heteroatoms. The summed E-state index contributed by atoms with van der Waals surface area (Å²) in [5, 5.41) is 19.2. The molecule has 10 nitrogen and oxygen atoms in total. The second kappa shape index (κ2) is 41.8. The minimum Gasteiger partial charge on any atom is -0.457 e. The Labute approximate surface area is 346 Å². The highest BCUT2D eigenvalue weighted by Crippen LogP contribution is 2.43. The van der Waals surface area contributed by atoms with Crippen LogP contribution in [0.15, 0.2) is 60.8 Å². The molecule has 0 spiro atoms. The average molecular weight is 825 g/mol. The summed E-state index contributed by atoms with van der Waals surface area (Å²) in [6.45, 7) is 2.12. The van der Waals surface area contributed by atoms with Crippen molar-refractivity contribution in [3.05, 3.63) is 60.8 Å². The number of hydrogen-bond acceptors (Lipinski definition) is 9. The Hall–Kier alpha value is -2.33. The third-order valence-electron chi connectivity index (χ3n) is 9.20. The number of phosphoric ester groups is 1. The highest BCUT2D eigenvalue weighted by Gasteiger charge is 2.27. The van der Waals surface area contributed by atoms with Crippen LogP contribution in [0.4, 0.5) is 0 Å². The van der Waals surface area contributed by atoms with Gasteiger partial charge in [0.1, 0.15) is 12.2 Å². The zero-order valence-corrected chi connectivity index (χ0v) is 36.7. The van der Waals surface area contributed by atoms with Gasteiger partial charge in [0.2, 0.25) is 0 Å². The monoisotopic (exact) mass is 825 g/mol. The van der Waals surface area contributed by atoms with Crippen molar-refractivity contribution in [2.24, 2.45) is 0 Å². The quantitative estimate of drug-likeness (QED) is 0.0235. The maximum absolute atomic E-state index is 12.4. The summed E-state index contributed by atoms with van der Waals surface area (Å²) in [5.74, 6) is -1.05. The van der Waals surface area contributed by atoms with Crippen molar-refractivity contribution < 1.29 is 47.8 Å². The molecule has 0 saturated carbocycles. The fourth-order valence-electron chi connectivity index (χ4n) is 5.74. The molecular weight excluding hydrogens is 743 g/mol. The van der Waals surface area contributed by atoms with Gasteiger partial charge in [-0.05, 0) is 83.5 Å². The van der Waals surface area contributed by atoms with E-state index in [0.717, 1.165) is 96.3 Å². The van der Waals surface area contributed by atoms with Crippen LogP contribution in [0.1, 0.15) is 181 Å². The molecule has 0 aliphatic rings. The molecule has 3 atom stereocenters. The van der Waals surface area contributed by atoms with E-state index in [-0.39, 0.29) is 12.8 Å². The van der Waals surface area contributed by atoms with Gasteiger partial charge in [-0.15, -0.1) is 0 Å². The van der Waals surface area contributed by atoms with Crippen LogP contribution in [0.3, 0.4) is 0 Å². The number of ether oxygens (including phenoxy) is 2. The Morgan fingerprint density at radius 1 is 0.474 bits per heavy atom. The molecule has 330 valence electrons. The molecule has 0 amide bonds. The SMILES string of the molecule is CCCCC/C=C\C/C=C\C/C=C\CCCCCCCCC(=O)OC(CO)COP(=O)(O)OCC(CO)OC(=O)CCCCCCC/C=C\C/C=C\CCCCC. The lowest BCUT2D eigenvalue weighted by atomic mass is 10.1. The number of esters is 2. The van der Waals surface area contributed by atoms with Gasteiger partial charge in [0.05, 0.1) is 26.4 Å². The van der Waals surface area contributed by atoms with E-state index >= 15 is 0 Å². The van der Waals surface area contributed by atoms with Crippen molar-refractivity contribution >= 4 is 19.8 Å². The summed E-state index contributed by atoms with van der Waals surface area (Å²) in [5.41, 5.74) is 0. The van der Waals surface area contributed by atoms with Gasteiger partial charge in [0.15, 0.2) is 0 Å². The molecule has 0 aromatic heterocycles. The van der Waals surface area contributed by atoms with Gasteiger partial charge in [0.25, 0.3) is 0 Å². The summed E-state index contributed by atoms with van der Waals surface area (Å²) < 4.78 is 32.6. The number of unbranched alkanes of at least 4 members (excludes halogenated alkanes) is 17. The van der Waals surface area contributed by atoms with E-state index in [4.69, 9.17) is 18.5 Å². The number of allylic oxidation sites excluding steroid dienone is 10. The Balaban J connectivity index is 3.96. The summed E-state index contributed by atoms with van der Waals surface area (Å²) in [6.07, 6.45) is 46.1. The Morgan fingerprint density at radius 2 is 0.772 bits per heavy atom. The molecular formula is C46H81O10P. The lowest BCUT2D eigenvalue weighted by Crippen LogP contribution is -2.28. The van der Waals surface area contributed by atoms with Crippen molar-refractivity contribution in [3.8, 4) is 0 Å². The second-order valence-corrected chi connectivity index (χ2v) is 16.1. The topological polar surface area (TPSA) is 149 Å². The minimum atomic E-state index is -4.65. The first-order chi connectivity index (χ1) is 27.8. The fourth-order valence-corrected chi connectivity index (χ4v) is 6.52. The summed E-state index contributed by atoms with van der Waals surface area (Å²) in [4.78, 5) is 34.5. The molecule has 3 N–H and O–H groups in total. The standard InChI is InChI=1S/C46H81O10P/c1-3-5-7-9-11-13-15-17-19-20-21-22-24-26-28-30-32-34-36-38-46(50)56-44(40-48)42-54-57(51,52)53-41-43(39-47)55-45(49)37-35-33-31-29-27-25-23-18-16-14-12-10-8-6-4-2/h11-14,17-19,21-23,43-44,47-48H,3-10,15-16,20,24-42H2,1-2H3,(H,51,52)/b13-11-,14-12-,19-17-,22-21-,23-18-. The maximum Gasteiger partial charge on any atom is 0.472 e. The van der Waals surface area contributed by atoms with Gasteiger partial charge >= 0.3 is 19.8 Å². The van der Waals surface area contributed by atoms with Crippen molar-refractivity contribution in [3.63, 3.8) is 0 Å². The molecule has 0 saturated heterocycles. The first-order valence-corrected chi connectivity index (χ1v) is 23.7. The minimum absolute atomic E-state index is 0.173. The molecule has 0 radical (unpaired) electrons. The van der Waals surface area contributed by atoms with Crippen molar-refractivity contribution in [2.45, 2.75) is 193 Å². The van der Waals surface area contributed by atoms with E-state index < -0.39 is 58.4 Å². The molecule has 0 rings (SSSR count). The normalized spacial score (nSPS) is 14.4. The first-order valence-electron chi connectivity index (χ1n) is 22.2. The van der Waals surface area contributed by atoms with Gasteiger partial charge in [-0.1, -0.05) is 145 Å². The number of carbonyl (C=O) groups excluding carboxylic acids is 2. The number of rotatable bonds is 41. The lowest BCUT2D eigenvalue weighted by molar-refractivity contribution is -0.153. The lowest BCUT2D eigenvalue weighted by Gasteiger charge is -2.20. The van der Waals surface area contributed by atoms with Crippen LogP contribution in [-0.2, 0) is 32.7 Å². The van der Waals surface area contributed by atoms with Crippen LogP contribution in [0, 0.1) is 0 Å². The smallest absolute Gasteiger partial charge is 0.457 e. The number of aliphatic hydroxyl groups is 2. The molecule has 0 heterocycles. The first kappa shape index (κ1) is 54.7. The van der Waals surface area contributed by atoms with Gasteiger partial charge in [-0.2, -0.15) is 0 Å². The highest BCUT2D eigenvalue weighted by molar-refractivity contribution is 7.47. The summed E-state index contributed by atoms with van der Waals surface area (Å²) >= 11 is 0. The van der Waals surface area contributed by atoms with Crippen LogP contribution < -0.4 is 0 Å². The van der Waals surface area contributed by atoms with E-state index in [2.05, 4.69) is 74.6 Å². The number of aliphatic hydroxyl groups excluding tert-OH is 2. The van der Waals surface area contributed by atoms with Crippen molar-refractivity contribution in [1.82, 2.24) is 0 Å². The van der Waals surface area contributed by atoms with E-state index in [1.165, 1.54) is 44.9 Å². The summed E-state index contributed by atoms with van der Waals surface area (Å²) in [7, 11) is -4.65. The highest BCUT2D eigenvalue weighted by atomic mass is 31.2. The van der Waals surface area contributed by atoms with Gasteiger partial charge in [0, 0.05) is 12.8 Å². The Bertz CT molecular complexity index is 1130. The molecule has 3 unspecified atom stereocenters. The van der Waals surface area contributed by atoms with E-state index in [0.29, 0.717) is 12.8 Å². The number of hydrogen-bond donors (Lipinski definition) is 3. The Morgan fingerprint density at radius 3 is 1.11 bits per heavy atom. The molecule has 57 heavy (non-hydrogen) atoms. The molecule has 0 aromatic rings. The Kier molecular flexibility index (Phi) is 40.1. The third-order valence-corrected chi connectivity index (χ3v) is 10.2. The molecule has 0 fully saturated rings. The zero-order valence-electron chi connectivity index (χ0n) is 35.8. The van der Waals surface area contributed by atoms with Crippen molar-refractivity contribution in [1.29, 1.82) is 0 Å². The zero-order chi connectivity index (χ0) is 41.9. The predicted molar refractivity (Wildman–Crippen MR) is 233 cm³/mol. The van der Waals surface area contributed by atoms with Crippen LogP contribution in [0.25, 0.3) is 0 Å². The number of carbonyl (C=O) groups is 2.